The molecule has 1 heterocycles. The van der Waals surface area contributed by atoms with E-state index in [0.29, 0.717) is 18.2 Å². The van der Waals surface area contributed by atoms with Crippen molar-refractivity contribution in [1.29, 1.82) is 0 Å². The Hall–Kier alpha value is -1.29. The molecule has 0 spiro atoms. The van der Waals surface area contributed by atoms with Gasteiger partial charge in [0.1, 0.15) is 5.15 Å². The van der Waals surface area contributed by atoms with Gasteiger partial charge in [-0.3, -0.25) is 0 Å². The molecule has 1 amide bonds. The molecule has 0 radical (unpaired) electrons. The van der Waals surface area contributed by atoms with Gasteiger partial charge in [0.15, 0.2) is 0 Å². The maximum absolute atomic E-state index is 11.5. The van der Waals surface area contributed by atoms with Crippen LogP contribution in [-0.2, 0) is 0 Å². The first-order chi connectivity index (χ1) is 7.17. The van der Waals surface area contributed by atoms with Crippen LogP contribution in [0.5, 0.6) is 5.88 Å². The fourth-order valence-electron chi connectivity index (χ4n) is 1.08. The highest BCUT2D eigenvalue weighted by molar-refractivity contribution is 6.29. The first kappa shape index (κ1) is 11.8. The number of halogens is 1. The number of hydrogen-bond acceptors (Lipinski definition) is 3. The summed E-state index contributed by atoms with van der Waals surface area (Å²) in [7, 11) is 0. The molecule has 0 unspecified atom stereocenters. The van der Waals surface area contributed by atoms with Gasteiger partial charge in [0, 0.05) is 19.2 Å². The molecular weight excluding hydrogens is 216 g/mol. The van der Waals surface area contributed by atoms with E-state index >= 15 is 0 Å². The Morgan fingerprint density at radius 2 is 2.13 bits per heavy atom. The Bertz CT molecular complexity index is 340. The molecule has 1 aromatic rings. The summed E-state index contributed by atoms with van der Waals surface area (Å²) in [5, 5.41) is 0.305. The molecule has 5 heteroatoms. The normalized spacial score (nSPS) is 9.80. The minimum Gasteiger partial charge on any atom is -0.391 e. The quantitative estimate of drug-likeness (QED) is 0.747. The van der Waals surface area contributed by atoms with Crippen LogP contribution >= 0.6 is 11.6 Å². The van der Waals surface area contributed by atoms with Crippen LogP contribution in [0.1, 0.15) is 13.8 Å². The second-order valence-electron chi connectivity index (χ2n) is 2.84. The lowest BCUT2D eigenvalue weighted by molar-refractivity contribution is 0.155. The Morgan fingerprint density at radius 3 is 2.67 bits per heavy atom. The molecule has 0 aliphatic rings. The maximum Gasteiger partial charge on any atom is 0.416 e. The Morgan fingerprint density at radius 1 is 1.47 bits per heavy atom. The van der Waals surface area contributed by atoms with Crippen molar-refractivity contribution in [3.8, 4) is 5.88 Å². The number of nitrogens with zero attached hydrogens (tertiary/aromatic N) is 2. The van der Waals surface area contributed by atoms with Crippen LogP contribution in [0.15, 0.2) is 18.2 Å². The van der Waals surface area contributed by atoms with Crippen LogP contribution in [0.2, 0.25) is 5.15 Å². The van der Waals surface area contributed by atoms with Crippen molar-refractivity contribution in [1.82, 2.24) is 9.88 Å². The third-order valence-electron chi connectivity index (χ3n) is 1.90. The van der Waals surface area contributed by atoms with Gasteiger partial charge >= 0.3 is 6.09 Å². The fourth-order valence-corrected chi connectivity index (χ4v) is 1.24. The Balaban J connectivity index is 2.65. The number of ether oxygens (including phenoxy) is 1. The van der Waals surface area contributed by atoms with Gasteiger partial charge in [-0.1, -0.05) is 17.7 Å². The highest BCUT2D eigenvalue weighted by Gasteiger charge is 2.12. The largest absolute Gasteiger partial charge is 0.416 e. The number of pyridine rings is 1. The van der Waals surface area contributed by atoms with E-state index in [1.165, 1.54) is 0 Å². The first-order valence-electron chi connectivity index (χ1n) is 4.76. The third-order valence-corrected chi connectivity index (χ3v) is 2.11. The lowest BCUT2D eigenvalue weighted by Gasteiger charge is -2.17. The van der Waals surface area contributed by atoms with Crippen molar-refractivity contribution in [2.24, 2.45) is 0 Å². The highest BCUT2D eigenvalue weighted by atomic mass is 35.5. The summed E-state index contributed by atoms with van der Waals surface area (Å²) in [5.41, 5.74) is 0. The summed E-state index contributed by atoms with van der Waals surface area (Å²) < 4.78 is 5.03. The molecule has 0 N–H and O–H groups in total. The van der Waals surface area contributed by atoms with Crippen LogP contribution in [0.3, 0.4) is 0 Å². The zero-order valence-corrected chi connectivity index (χ0v) is 9.49. The monoisotopic (exact) mass is 228 g/mol. The number of hydrogen-bond donors (Lipinski definition) is 0. The van der Waals surface area contributed by atoms with Gasteiger partial charge < -0.3 is 9.64 Å². The molecule has 1 aromatic heterocycles. The average Bonchev–Trinajstić information content (AvgIpc) is 2.19. The number of aromatic nitrogens is 1. The Kier molecular flexibility index (Phi) is 4.37. The van der Waals surface area contributed by atoms with Crippen LogP contribution in [0.25, 0.3) is 0 Å². The van der Waals surface area contributed by atoms with E-state index in [9.17, 15) is 4.79 Å². The molecule has 0 saturated heterocycles. The summed E-state index contributed by atoms with van der Waals surface area (Å²) in [5.74, 6) is 0.222. The zero-order valence-electron chi connectivity index (χ0n) is 8.74. The molecule has 0 aliphatic heterocycles. The molecule has 0 fully saturated rings. The van der Waals surface area contributed by atoms with Crippen molar-refractivity contribution in [2.75, 3.05) is 13.1 Å². The summed E-state index contributed by atoms with van der Waals surface area (Å²) in [6, 6.07) is 4.89. The second-order valence-corrected chi connectivity index (χ2v) is 3.23. The number of carbonyl (C=O) groups is 1. The molecule has 0 aliphatic carbocycles. The van der Waals surface area contributed by atoms with Crippen molar-refractivity contribution in [3.63, 3.8) is 0 Å². The van der Waals surface area contributed by atoms with Gasteiger partial charge in [-0.25, -0.2) is 9.78 Å². The lowest BCUT2D eigenvalue weighted by atomic mass is 10.5. The minimum absolute atomic E-state index is 0.222. The van der Waals surface area contributed by atoms with Gasteiger partial charge in [-0.15, -0.1) is 0 Å². The standard InChI is InChI=1S/C10H13ClN2O2/c1-3-13(4-2)10(14)15-9-7-5-6-8(11)12-9/h5-7H,3-4H2,1-2H3. The van der Waals surface area contributed by atoms with Gasteiger partial charge in [0.05, 0.1) is 0 Å². The van der Waals surface area contributed by atoms with Gasteiger partial charge in [-0.05, 0) is 19.9 Å². The van der Waals surface area contributed by atoms with E-state index in [1.807, 2.05) is 13.8 Å². The smallest absolute Gasteiger partial charge is 0.391 e. The van der Waals surface area contributed by atoms with Crippen molar-refractivity contribution in [3.05, 3.63) is 23.4 Å². The van der Waals surface area contributed by atoms with E-state index in [0.717, 1.165) is 0 Å². The topological polar surface area (TPSA) is 42.4 Å². The number of amides is 1. The molecular formula is C10H13ClN2O2. The van der Waals surface area contributed by atoms with Crippen molar-refractivity contribution < 1.29 is 9.53 Å². The molecule has 15 heavy (non-hydrogen) atoms. The zero-order chi connectivity index (χ0) is 11.3. The number of carbonyl (C=O) groups excluding carboxylic acids is 1. The molecule has 0 saturated carbocycles. The third kappa shape index (κ3) is 3.40. The average molecular weight is 229 g/mol. The predicted molar refractivity (Wildman–Crippen MR) is 58.2 cm³/mol. The van der Waals surface area contributed by atoms with Gasteiger partial charge in [0.25, 0.3) is 0 Å². The summed E-state index contributed by atoms with van der Waals surface area (Å²) >= 11 is 5.66. The van der Waals surface area contributed by atoms with E-state index in [4.69, 9.17) is 16.3 Å². The molecule has 1 rings (SSSR count). The predicted octanol–water partition coefficient (Wildman–Crippen LogP) is 2.58. The minimum atomic E-state index is -0.408. The van der Waals surface area contributed by atoms with Crippen LogP contribution in [-0.4, -0.2) is 29.1 Å². The lowest BCUT2D eigenvalue weighted by Crippen LogP contribution is -2.33. The second kappa shape index (κ2) is 5.56. The Labute approximate surface area is 93.8 Å². The fraction of sp³-hybridized carbons (Fsp3) is 0.400. The maximum atomic E-state index is 11.5. The molecule has 0 atom stereocenters. The highest BCUT2D eigenvalue weighted by Crippen LogP contribution is 2.12. The van der Waals surface area contributed by atoms with Gasteiger partial charge in [0.2, 0.25) is 5.88 Å². The van der Waals surface area contributed by atoms with E-state index in [1.54, 1.807) is 23.1 Å². The van der Waals surface area contributed by atoms with E-state index < -0.39 is 6.09 Å². The van der Waals surface area contributed by atoms with Gasteiger partial charge in [-0.2, -0.15) is 0 Å². The summed E-state index contributed by atoms with van der Waals surface area (Å²) in [6.07, 6.45) is -0.408. The molecule has 0 aromatic carbocycles. The summed E-state index contributed by atoms with van der Waals surface area (Å²) in [4.78, 5) is 16.9. The van der Waals surface area contributed by atoms with Crippen molar-refractivity contribution >= 4 is 17.7 Å². The molecule has 82 valence electrons. The van der Waals surface area contributed by atoms with E-state index in [-0.39, 0.29) is 5.88 Å². The van der Waals surface area contributed by atoms with Crippen LogP contribution in [0.4, 0.5) is 4.79 Å². The van der Waals surface area contributed by atoms with Crippen molar-refractivity contribution in [2.45, 2.75) is 13.8 Å². The van der Waals surface area contributed by atoms with Crippen LogP contribution in [0, 0.1) is 0 Å². The first-order valence-corrected chi connectivity index (χ1v) is 5.14. The summed E-state index contributed by atoms with van der Waals surface area (Å²) in [6.45, 7) is 4.98. The molecule has 4 nitrogen and oxygen atoms in total. The molecule has 0 bridgehead atoms. The van der Waals surface area contributed by atoms with E-state index in [2.05, 4.69) is 4.98 Å². The number of rotatable bonds is 3. The van der Waals surface area contributed by atoms with Crippen LogP contribution < -0.4 is 4.74 Å². The SMILES string of the molecule is CCN(CC)C(=O)Oc1cccc(Cl)n1.